The summed E-state index contributed by atoms with van der Waals surface area (Å²) in [4.78, 5) is 27.8. The first-order valence-corrected chi connectivity index (χ1v) is 18.3. The Hall–Kier alpha value is -1.26. The van der Waals surface area contributed by atoms with Gasteiger partial charge in [0.05, 0.1) is 53.2 Å². The molecule has 3 aliphatic rings. The van der Waals surface area contributed by atoms with Crippen LogP contribution in [0.1, 0.15) is 102 Å². The summed E-state index contributed by atoms with van der Waals surface area (Å²) in [6.07, 6.45) is -8.35. The maximum atomic E-state index is 14.0. The second-order valence-corrected chi connectivity index (χ2v) is 16.1. The van der Waals surface area contributed by atoms with E-state index >= 15 is 0 Å². The number of carbonyl (C=O) groups is 2. The van der Waals surface area contributed by atoms with Gasteiger partial charge in [0.25, 0.3) is 0 Å². The predicted octanol–water partition coefficient (Wildman–Crippen LogP) is 3.15. The van der Waals surface area contributed by atoms with Crippen molar-refractivity contribution in [3.8, 4) is 0 Å². The minimum absolute atomic E-state index is 0.0353. The molecule has 0 spiro atoms. The monoisotopic (exact) mass is 718 g/mol. The van der Waals surface area contributed by atoms with Gasteiger partial charge in [0.15, 0.2) is 12.6 Å². The van der Waals surface area contributed by atoms with Crippen LogP contribution in [0, 0.1) is 29.6 Å². The number of hydrogen-bond donors (Lipinski definition) is 4. The third-order valence-electron chi connectivity index (χ3n) is 12.0. The van der Waals surface area contributed by atoms with Crippen LogP contribution >= 0.6 is 0 Å². The third-order valence-corrected chi connectivity index (χ3v) is 12.0. The first-order valence-electron chi connectivity index (χ1n) is 18.3. The molecule has 0 saturated carbocycles. The van der Waals surface area contributed by atoms with Crippen LogP contribution in [0.25, 0.3) is 0 Å². The van der Waals surface area contributed by atoms with Gasteiger partial charge < -0.3 is 53.6 Å². The first kappa shape index (κ1) is 43.1. The van der Waals surface area contributed by atoms with Gasteiger partial charge in [-0.05, 0) is 54.4 Å². The number of carbonyl (C=O) groups excluding carboxylic acids is 2. The highest BCUT2D eigenvalue weighted by Crippen LogP contribution is 2.41. The standard InChI is InChI=1S/C37H66O13/c1-14-25-19(3)29(39)20(4)28(38)18(2)15-35(9,43)33(50-27-17-37(11,45-13)32(41)24(8)47-27)21(5)30(22(6)34(42)48-25)49-26-16-36(10,44-12)31(40)23(7)46-26/h18-27,29-33,39-41,43H,14-17H2,1-13H3/t18-,19+,20+,21+,22-,23+,24+,25-,26+,27+,29+,30+,31+,32+,33-,35-,36-,37-/m1/s1. The highest BCUT2D eigenvalue weighted by Gasteiger charge is 2.53. The van der Waals surface area contributed by atoms with Crippen LogP contribution in [-0.2, 0) is 42.7 Å². The van der Waals surface area contributed by atoms with Gasteiger partial charge in [-0.25, -0.2) is 0 Å². The minimum Gasteiger partial charge on any atom is -0.462 e. The first-order chi connectivity index (χ1) is 23.1. The zero-order valence-electron chi connectivity index (χ0n) is 32.5. The Morgan fingerprint density at radius 3 is 1.68 bits per heavy atom. The molecule has 0 aromatic heterocycles. The van der Waals surface area contributed by atoms with Gasteiger partial charge in [0.1, 0.15) is 24.1 Å². The van der Waals surface area contributed by atoms with Crippen LogP contribution in [0.2, 0.25) is 0 Å². The summed E-state index contributed by atoms with van der Waals surface area (Å²) >= 11 is 0. The molecule has 3 aliphatic heterocycles. The van der Waals surface area contributed by atoms with Crippen molar-refractivity contribution >= 4 is 11.8 Å². The minimum atomic E-state index is -1.70. The van der Waals surface area contributed by atoms with Gasteiger partial charge in [-0.3, -0.25) is 9.59 Å². The van der Waals surface area contributed by atoms with E-state index in [1.165, 1.54) is 14.2 Å². The van der Waals surface area contributed by atoms with E-state index in [0.29, 0.717) is 6.42 Å². The van der Waals surface area contributed by atoms with E-state index < -0.39 is 114 Å². The van der Waals surface area contributed by atoms with Crippen LogP contribution in [0.5, 0.6) is 0 Å². The van der Waals surface area contributed by atoms with E-state index in [0.717, 1.165) is 0 Å². The van der Waals surface area contributed by atoms with Gasteiger partial charge >= 0.3 is 5.97 Å². The van der Waals surface area contributed by atoms with Crippen LogP contribution in [-0.4, -0.2) is 125 Å². The van der Waals surface area contributed by atoms with Crippen LogP contribution in [0.4, 0.5) is 0 Å². The largest absolute Gasteiger partial charge is 0.462 e. The molecule has 3 rings (SSSR count). The summed E-state index contributed by atoms with van der Waals surface area (Å²) in [5.41, 5.74) is -3.73. The molecule has 0 bridgehead atoms. The van der Waals surface area contributed by atoms with E-state index in [1.54, 1.807) is 69.2 Å². The molecular formula is C37H66O13. The van der Waals surface area contributed by atoms with E-state index in [4.69, 9.17) is 33.2 Å². The number of cyclic esters (lactones) is 1. The van der Waals surface area contributed by atoms with E-state index in [9.17, 15) is 30.0 Å². The zero-order chi connectivity index (χ0) is 38.1. The van der Waals surface area contributed by atoms with Crippen molar-refractivity contribution < 1.29 is 63.2 Å². The van der Waals surface area contributed by atoms with Gasteiger partial charge in [-0.2, -0.15) is 0 Å². The van der Waals surface area contributed by atoms with Crippen molar-refractivity contribution in [3.63, 3.8) is 0 Å². The Balaban J connectivity index is 2.15. The van der Waals surface area contributed by atoms with Crippen molar-refractivity contribution in [1.82, 2.24) is 0 Å². The SMILES string of the molecule is CC[C@H]1OC(=O)[C@H](C)[C@@H](O[C@H]2C[C@@](C)(OC)[C@@H](O)[C@H](C)O2)[C@H](C)[C@@H](O[C@H]2C[C@@](C)(OC)[C@@H](O)[C@H](C)O2)[C@](C)(O)C[C@@H](C)C(=O)[C@H](C)[C@@H](O)[C@H]1C. The number of rotatable bonds is 7. The molecule has 0 aromatic carbocycles. The fraction of sp³-hybridized carbons (Fsp3) is 0.946. The highest BCUT2D eigenvalue weighted by molar-refractivity contribution is 5.83. The zero-order valence-corrected chi connectivity index (χ0v) is 32.5. The Labute approximate surface area is 298 Å². The molecule has 13 heteroatoms. The molecule has 0 aromatic rings. The molecule has 18 atom stereocenters. The molecule has 0 aliphatic carbocycles. The maximum Gasteiger partial charge on any atom is 0.311 e. The van der Waals surface area contributed by atoms with Crippen molar-refractivity contribution in [2.24, 2.45) is 29.6 Å². The lowest BCUT2D eigenvalue weighted by atomic mass is 9.74. The molecule has 3 heterocycles. The number of ketones is 1. The summed E-state index contributed by atoms with van der Waals surface area (Å²) < 4.78 is 43.0. The molecular weight excluding hydrogens is 652 g/mol. The Morgan fingerprint density at radius 1 is 0.740 bits per heavy atom. The topological polar surface area (TPSA) is 180 Å². The van der Waals surface area contributed by atoms with Crippen LogP contribution < -0.4 is 0 Å². The lowest BCUT2D eigenvalue weighted by Crippen LogP contribution is -2.60. The van der Waals surface area contributed by atoms with E-state index in [-0.39, 0.29) is 25.0 Å². The average Bonchev–Trinajstić information content (AvgIpc) is 3.06. The summed E-state index contributed by atoms with van der Waals surface area (Å²) in [6.45, 7) is 19.0. The second-order valence-electron chi connectivity index (χ2n) is 16.1. The number of Topliss-reactive ketones (excluding diaryl/α,β-unsaturated/α-hetero) is 1. The molecule has 0 unspecified atom stereocenters. The van der Waals surface area contributed by atoms with Crippen molar-refractivity contribution in [3.05, 3.63) is 0 Å². The van der Waals surface area contributed by atoms with Gasteiger partial charge in [0.2, 0.25) is 0 Å². The molecule has 3 fully saturated rings. The number of methoxy groups -OCH3 is 2. The van der Waals surface area contributed by atoms with Crippen molar-refractivity contribution in [1.29, 1.82) is 0 Å². The Kier molecular flexibility index (Phi) is 14.5. The summed E-state index contributed by atoms with van der Waals surface area (Å²) in [6, 6.07) is 0. The molecule has 0 amide bonds. The third kappa shape index (κ3) is 9.09. The number of aliphatic hydroxyl groups excluding tert-OH is 3. The summed E-state index contributed by atoms with van der Waals surface area (Å²) in [5.74, 6) is -4.55. The lowest BCUT2D eigenvalue weighted by molar-refractivity contribution is -0.322. The van der Waals surface area contributed by atoms with Crippen molar-refractivity contribution in [2.75, 3.05) is 14.2 Å². The molecule has 13 nitrogen and oxygen atoms in total. The normalized spacial score (nSPS) is 50.4. The average molecular weight is 719 g/mol. The van der Waals surface area contributed by atoms with Crippen LogP contribution in [0.15, 0.2) is 0 Å². The highest BCUT2D eigenvalue weighted by atomic mass is 16.7. The van der Waals surface area contributed by atoms with E-state index in [2.05, 4.69) is 0 Å². The number of hydrogen-bond acceptors (Lipinski definition) is 13. The summed E-state index contributed by atoms with van der Waals surface area (Å²) in [5, 5.41) is 45.4. The lowest BCUT2D eigenvalue weighted by Gasteiger charge is -2.49. The Bertz CT molecular complexity index is 1130. The van der Waals surface area contributed by atoms with Gasteiger partial charge in [-0.1, -0.05) is 34.6 Å². The Morgan fingerprint density at radius 2 is 1.22 bits per heavy atom. The summed E-state index contributed by atoms with van der Waals surface area (Å²) in [7, 11) is 3.00. The molecule has 4 N–H and O–H groups in total. The smallest absolute Gasteiger partial charge is 0.311 e. The number of esters is 1. The van der Waals surface area contributed by atoms with Crippen molar-refractivity contribution in [2.45, 2.75) is 180 Å². The van der Waals surface area contributed by atoms with E-state index in [1.807, 2.05) is 6.92 Å². The number of ether oxygens (including phenoxy) is 7. The number of aliphatic hydroxyl groups is 4. The molecule has 3 saturated heterocycles. The molecule has 0 radical (unpaired) electrons. The predicted molar refractivity (Wildman–Crippen MR) is 183 cm³/mol. The maximum absolute atomic E-state index is 14.0. The fourth-order valence-corrected chi connectivity index (χ4v) is 8.32. The van der Waals surface area contributed by atoms with Gasteiger partial charge in [-0.15, -0.1) is 0 Å². The van der Waals surface area contributed by atoms with Crippen LogP contribution in [0.3, 0.4) is 0 Å². The fourth-order valence-electron chi connectivity index (χ4n) is 8.32. The quantitative estimate of drug-likeness (QED) is 0.283. The van der Waals surface area contributed by atoms with Gasteiger partial charge in [0, 0.05) is 50.7 Å². The molecule has 292 valence electrons. The second kappa shape index (κ2) is 16.8. The molecule has 50 heavy (non-hydrogen) atoms.